The Bertz CT molecular complexity index is 7100. The second-order valence-corrected chi connectivity index (χ2v) is 32.1. The highest BCUT2D eigenvalue weighted by Crippen LogP contribution is 2.86. The van der Waals surface area contributed by atoms with E-state index in [1.807, 2.05) is 0 Å². The molecule has 0 saturated carbocycles. The first-order chi connectivity index (χ1) is 56.4. The lowest BCUT2D eigenvalue weighted by atomic mass is 9.39. The smallest absolute Gasteiger partial charge is 0.103 e. The Morgan fingerprint density at radius 1 is 0.219 bits per heavy atom. The van der Waals surface area contributed by atoms with E-state index in [-0.39, 0.29) is 11.1 Å². The van der Waals surface area contributed by atoms with Crippen LogP contribution in [0.15, 0.2) is 382 Å². The molecule has 4 heteroatoms. The lowest BCUT2D eigenvalue weighted by Crippen LogP contribution is -2.62. The van der Waals surface area contributed by atoms with Crippen LogP contribution in [-0.2, 0) is 27.1 Å². The number of nitrogens with zero attached hydrogens (tertiary/aromatic N) is 4. The summed E-state index contributed by atoms with van der Waals surface area (Å²) in [5.41, 5.74) is 36.7. The Hall–Kier alpha value is -14.7. The molecule has 0 radical (unpaired) electrons. The molecule has 8 aliphatic rings. The maximum absolute atomic E-state index is 13.8. The third-order valence-electron chi connectivity index (χ3n) is 27.9. The van der Waals surface area contributed by atoms with Crippen LogP contribution in [0.3, 0.4) is 0 Å². The van der Waals surface area contributed by atoms with Crippen LogP contribution in [0.2, 0.25) is 0 Å². The maximum Gasteiger partial charge on any atom is 0.103 e. The van der Waals surface area contributed by atoms with E-state index >= 15 is 0 Å². The topological polar surface area (TPSA) is 54.1 Å². The molecule has 0 saturated heterocycles. The summed E-state index contributed by atoms with van der Waals surface area (Å²) in [5, 5.41) is 27.6. The van der Waals surface area contributed by atoms with Crippen molar-refractivity contribution in [2.45, 2.75) is 34.0 Å². The highest BCUT2D eigenvalue weighted by atomic mass is 15.2. The van der Waals surface area contributed by atoms with Gasteiger partial charge in [0.05, 0.1) is 55.5 Å². The molecule has 0 N–H and O–H groups in total. The average Bonchev–Trinajstić information content (AvgIpc) is 1.41. The zero-order valence-corrected chi connectivity index (χ0v) is 62.2. The van der Waals surface area contributed by atoms with Crippen molar-refractivity contribution in [1.82, 2.24) is 0 Å². The summed E-state index contributed by atoms with van der Waals surface area (Å²) in [5.74, 6) is 0. The number of rotatable bonds is 8. The molecule has 526 valence electrons. The summed E-state index contributed by atoms with van der Waals surface area (Å²) in [6.45, 7) is 2.58. The van der Waals surface area contributed by atoms with Crippen molar-refractivity contribution in [3.63, 3.8) is 0 Å². The fourth-order valence-electron chi connectivity index (χ4n) is 24.1. The number of benzene rings is 17. The average molecular weight is 1440 g/mol. The lowest BCUT2D eigenvalue weighted by molar-refractivity contribution is 0.226. The van der Waals surface area contributed by atoms with Crippen molar-refractivity contribution in [1.29, 1.82) is 10.5 Å². The van der Waals surface area contributed by atoms with E-state index in [2.05, 4.69) is 411 Å². The monoisotopic (exact) mass is 1440 g/mol. The molecule has 0 amide bonds. The number of nitriles is 2. The van der Waals surface area contributed by atoms with Crippen LogP contribution in [0.1, 0.15) is 102 Å². The van der Waals surface area contributed by atoms with Crippen molar-refractivity contribution < 1.29 is 0 Å². The number of hydrogen-bond acceptors (Lipinski definition) is 4. The van der Waals surface area contributed by atoms with Gasteiger partial charge < -0.3 is 9.80 Å². The molecule has 2 atom stereocenters. The van der Waals surface area contributed by atoms with E-state index in [1.165, 1.54) is 77.9 Å². The molecule has 4 spiro atoms. The van der Waals surface area contributed by atoms with Gasteiger partial charge in [0.15, 0.2) is 0 Å². The molecule has 17 aromatic carbocycles. The summed E-state index contributed by atoms with van der Waals surface area (Å²) < 4.78 is 0. The SMILES string of the molecule is CC12c3cccc4c3C1(c1ccccc1-4)c1c(N(c3ccc(-c4ccccc4)cc3)c3cccc4c3-c3ccccc3C43c4ccccc4-c4ccccc43)c(C#N)c(C#N)c(N(c3ccc(-c4ccccc4)cc3)c3cccc4c3-c3ccccc3C43c4ccccc4-c4ccccc43)c1C21c2ccccc2-c2ccccc21. The molecule has 0 heterocycles. The first-order valence-corrected chi connectivity index (χ1v) is 39.7. The van der Waals surface area contributed by atoms with Gasteiger partial charge in [0, 0.05) is 39.0 Å². The number of fused-ring (bicyclic) bond motifs is 31. The number of hydrogen-bond donors (Lipinski definition) is 0. The van der Waals surface area contributed by atoms with Crippen LogP contribution in [0.4, 0.5) is 34.1 Å². The maximum atomic E-state index is 13.8. The summed E-state index contributed by atoms with van der Waals surface area (Å²) >= 11 is 0. The van der Waals surface area contributed by atoms with Gasteiger partial charge in [-0.05, 0) is 187 Å². The molecular formula is C110H66N4. The van der Waals surface area contributed by atoms with Gasteiger partial charge in [-0.2, -0.15) is 10.5 Å². The van der Waals surface area contributed by atoms with Crippen molar-refractivity contribution in [2.75, 3.05) is 9.80 Å². The van der Waals surface area contributed by atoms with E-state index in [1.54, 1.807) is 0 Å². The molecule has 114 heavy (non-hydrogen) atoms. The zero-order valence-electron chi connectivity index (χ0n) is 62.2. The Balaban J connectivity index is 0.899. The predicted octanol–water partition coefficient (Wildman–Crippen LogP) is 26.3. The minimum Gasteiger partial charge on any atom is -0.308 e. The first-order valence-electron chi connectivity index (χ1n) is 39.7. The van der Waals surface area contributed by atoms with Crippen LogP contribution >= 0.6 is 0 Å². The van der Waals surface area contributed by atoms with E-state index in [9.17, 15) is 10.5 Å². The highest BCUT2D eigenvalue weighted by Gasteiger charge is 2.82. The summed E-state index contributed by atoms with van der Waals surface area (Å²) in [7, 11) is 0. The van der Waals surface area contributed by atoms with Crippen LogP contribution in [0.5, 0.6) is 0 Å². The molecule has 2 unspecified atom stereocenters. The van der Waals surface area contributed by atoms with Gasteiger partial charge in [-0.25, -0.2) is 0 Å². The predicted molar refractivity (Wildman–Crippen MR) is 460 cm³/mol. The molecular weight excluding hydrogens is 1380 g/mol. The Labute approximate surface area is 662 Å². The quantitative estimate of drug-likeness (QED) is 0.152. The Kier molecular flexibility index (Phi) is 12.5. The molecule has 25 rings (SSSR count). The largest absolute Gasteiger partial charge is 0.308 e. The highest BCUT2D eigenvalue weighted by molar-refractivity contribution is 6.11. The standard InChI is InChI=1S/C110H66N4/c1-106-96-54-26-42-80-79-39-14-25-51-93(79)110(106,101(80)96)103-102(109(106)91-49-23-12-37-77(91)78-38-13-24-50-92(78)109)104(113(71-61-57-69(58-62-71)67-29-4-2-5-30-67)97-55-27-52-94-99(97)81-40-15-21-47-89(81)107(94)85-43-17-8-33-73(85)74-34-9-18-44-86(74)107)83(65-111)84(66-112)105(103)114(72-63-59-70(60-64-72)68-31-6-3-7-32-68)98-56-28-53-95-100(98)82-41-16-22-48-90(82)108(95)87-45-19-10-35-75(87)76-36-11-20-46-88(76)108/h2-64H,1H3. The molecule has 8 aliphatic carbocycles. The van der Waals surface area contributed by atoms with Gasteiger partial charge in [0.25, 0.3) is 0 Å². The van der Waals surface area contributed by atoms with E-state index in [4.69, 9.17) is 0 Å². The molecule has 0 fully saturated rings. The van der Waals surface area contributed by atoms with Crippen LogP contribution in [0, 0.1) is 22.7 Å². The third kappa shape index (κ3) is 7.19. The van der Waals surface area contributed by atoms with Crippen molar-refractivity contribution in [2.24, 2.45) is 0 Å². The Morgan fingerprint density at radius 2 is 0.482 bits per heavy atom. The molecule has 4 nitrogen and oxygen atoms in total. The van der Waals surface area contributed by atoms with Gasteiger partial charge >= 0.3 is 0 Å². The summed E-state index contributed by atoms with van der Waals surface area (Å²) in [6, 6.07) is 148. The van der Waals surface area contributed by atoms with E-state index in [0.29, 0.717) is 11.4 Å². The summed E-state index contributed by atoms with van der Waals surface area (Å²) in [6.07, 6.45) is 0. The van der Waals surface area contributed by atoms with Crippen molar-refractivity contribution in [3.05, 3.63) is 477 Å². The summed E-state index contributed by atoms with van der Waals surface area (Å²) in [4.78, 5) is 4.96. The van der Waals surface area contributed by atoms with Crippen LogP contribution in [-0.4, -0.2) is 0 Å². The Morgan fingerprint density at radius 3 is 0.860 bits per heavy atom. The molecule has 0 bridgehead atoms. The van der Waals surface area contributed by atoms with Crippen LogP contribution in [0.25, 0.3) is 89.0 Å². The number of anilines is 6. The van der Waals surface area contributed by atoms with Gasteiger partial charge in [-0.15, -0.1) is 0 Å². The minimum atomic E-state index is -1.12. The molecule has 0 aromatic heterocycles. The third-order valence-corrected chi connectivity index (χ3v) is 27.9. The fraction of sp³-hybridized carbons (Fsp3) is 0.0545. The van der Waals surface area contributed by atoms with Crippen molar-refractivity contribution >= 4 is 34.1 Å². The van der Waals surface area contributed by atoms with Gasteiger partial charge in [-0.3, -0.25) is 0 Å². The minimum absolute atomic E-state index is 0.278. The van der Waals surface area contributed by atoms with Gasteiger partial charge in [0.2, 0.25) is 0 Å². The fourth-order valence-corrected chi connectivity index (χ4v) is 24.1. The zero-order chi connectivity index (χ0) is 75.1. The van der Waals surface area contributed by atoms with Gasteiger partial charge in [-0.1, -0.05) is 353 Å². The normalized spacial score (nSPS) is 16.9. The van der Waals surface area contributed by atoms with E-state index < -0.39 is 27.1 Å². The van der Waals surface area contributed by atoms with Crippen LogP contribution < -0.4 is 9.80 Å². The van der Waals surface area contributed by atoms with E-state index in [0.717, 1.165) is 117 Å². The second-order valence-electron chi connectivity index (χ2n) is 32.1. The molecule has 17 aromatic rings. The lowest BCUT2D eigenvalue weighted by Gasteiger charge is -2.60. The first kappa shape index (κ1) is 63.1. The molecule has 0 aliphatic heterocycles. The van der Waals surface area contributed by atoms with Gasteiger partial charge in [0.1, 0.15) is 12.1 Å². The van der Waals surface area contributed by atoms with Crippen molar-refractivity contribution in [3.8, 4) is 101 Å². The second kappa shape index (κ2) is 22.5.